The normalized spacial score (nSPS) is 19.6. The lowest BCUT2D eigenvalue weighted by atomic mass is 9.74. The van der Waals surface area contributed by atoms with Gasteiger partial charge in [0.2, 0.25) is 0 Å². The molecule has 0 aliphatic heterocycles. The van der Waals surface area contributed by atoms with Crippen molar-refractivity contribution in [2.45, 2.75) is 19.9 Å². The van der Waals surface area contributed by atoms with Gasteiger partial charge in [0.15, 0.2) is 0 Å². The monoisotopic (exact) mass is 268 g/mol. The number of carboxylic acid groups (broad SMARTS) is 1. The summed E-state index contributed by atoms with van der Waals surface area (Å²) in [5.74, 6) is -0.953. The summed E-state index contributed by atoms with van der Waals surface area (Å²) in [5, 5.41) is 9.32. The Hall–Kier alpha value is -2.36. The van der Waals surface area contributed by atoms with Crippen LogP contribution in [0.1, 0.15) is 41.5 Å². The fraction of sp³-hybridized carbons (Fsp3) is 0.250. The zero-order valence-corrected chi connectivity index (χ0v) is 11.4. The highest BCUT2D eigenvalue weighted by atomic mass is 16.4. The maximum atomic E-state index is 11.4. The molecule has 1 aliphatic carbocycles. The first-order valence-electron chi connectivity index (χ1n) is 6.54. The van der Waals surface area contributed by atoms with Crippen molar-refractivity contribution in [2.24, 2.45) is 5.41 Å². The van der Waals surface area contributed by atoms with Crippen LogP contribution in [0.4, 0.5) is 0 Å². The Kier molecular flexibility index (Phi) is 2.74. The van der Waals surface area contributed by atoms with Crippen molar-refractivity contribution in [3.63, 3.8) is 0 Å². The number of fused-ring (bicyclic) bond motifs is 1. The first kappa shape index (κ1) is 12.7. The lowest BCUT2D eigenvalue weighted by Crippen LogP contribution is -2.30. The topological polar surface area (TPSA) is 55.1 Å². The summed E-state index contributed by atoms with van der Waals surface area (Å²) >= 11 is 0. The molecule has 0 bridgehead atoms. The zero-order chi connectivity index (χ0) is 14.3. The third-order valence-corrected chi connectivity index (χ3v) is 3.85. The number of aromatic carboxylic acids is 1. The Labute approximate surface area is 117 Å². The van der Waals surface area contributed by atoms with Crippen molar-refractivity contribution < 1.29 is 9.90 Å². The van der Waals surface area contributed by atoms with Crippen molar-refractivity contribution in [2.75, 3.05) is 0 Å². The number of aromatic nitrogens is 2. The number of nitrogens with zero attached hydrogens (tertiary/aromatic N) is 2. The van der Waals surface area contributed by atoms with E-state index in [1.54, 1.807) is 10.9 Å². The van der Waals surface area contributed by atoms with Crippen LogP contribution in [0.5, 0.6) is 0 Å². The molecule has 1 atom stereocenters. The molecule has 20 heavy (non-hydrogen) atoms. The second-order valence-corrected chi connectivity index (χ2v) is 5.68. The number of imidazole rings is 1. The Morgan fingerprint density at radius 1 is 1.35 bits per heavy atom. The molecule has 1 N–H and O–H groups in total. The quantitative estimate of drug-likeness (QED) is 0.909. The highest BCUT2D eigenvalue weighted by molar-refractivity contribution is 5.85. The van der Waals surface area contributed by atoms with Crippen molar-refractivity contribution >= 4 is 12.0 Å². The van der Waals surface area contributed by atoms with Crippen LogP contribution in [0, 0.1) is 5.41 Å². The van der Waals surface area contributed by atoms with Gasteiger partial charge in [-0.1, -0.05) is 50.3 Å². The van der Waals surface area contributed by atoms with Crippen molar-refractivity contribution in [3.05, 3.63) is 59.7 Å². The highest BCUT2D eigenvalue weighted by Gasteiger charge is 2.35. The number of hydrogen-bond donors (Lipinski definition) is 1. The summed E-state index contributed by atoms with van der Waals surface area (Å²) in [4.78, 5) is 15.4. The maximum Gasteiger partial charge on any atom is 0.354 e. The number of rotatable bonds is 2. The number of hydrogen-bond acceptors (Lipinski definition) is 2. The molecule has 0 unspecified atom stereocenters. The van der Waals surface area contributed by atoms with Crippen LogP contribution < -0.4 is 0 Å². The lowest BCUT2D eigenvalue weighted by molar-refractivity contribution is 0.0680. The van der Waals surface area contributed by atoms with Crippen molar-refractivity contribution in [3.8, 4) is 0 Å². The predicted octanol–water partition coefficient (Wildman–Crippen LogP) is 3.22. The molecule has 3 rings (SSSR count). The van der Waals surface area contributed by atoms with Gasteiger partial charge in [-0.3, -0.25) is 0 Å². The van der Waals surface area contributed by atoms with Crippen molar-refractivity contribution in [1.29, 1.82) is 0 Å². The fourth-order valence-electron chi connectivity index (χ4n) is 2.89. The summed E-state index contributed by atoms with van der Waals surface area (Å²) in [6, 6.07) is 8.00. The first-order chi connectivity index (χ1) is 9.50. The van der Waals surface area contributed by atoms with Gasteiger partial charge < -0.3 is 9.67 Å². The third kappa shape index (κ3) is 1.84. The standard InChI is InChI=1S/C16H16N2O2/c1-16(2)8-7-11-5-3-4-6-12(11)14(16)18-10-17-9-13(18)15(19)20/h3-10,14H,1-2H3,(H,19,20)/t14-/m1/s1. The predicted molar refractivity (Wildman–Crippen MR) is 76.6 cm³/mol. The molecule has 1 aliphatic rings. The molecule has 102 valence electrons. The Balaban J connectivity index is 2.22. The summed E-state index contributed by atoms with van der Waals surface area (Å²) < 4.78 is 1.75. The Bertz CT molecular complexity index is 698. The molecule has 0 spiro atoms. The van der Waals surface area contributed by atoms with Gasteiger partial charge in [0, 0.05) is 5.41 Å². The average Bonchev–Trinajstić information content (AvgIpc) is 2.86. The van der Waals surface area contributed by atoms with Gasteiger partial charge in [0.05, 0.1) is 18.6 Å². The molecule has 1 aromatic carbocycles. The summed E-state index contributed by atoms with van der Waals surface area (Å²) in [5.41, 5.74) is 2.29. The van der Waals surface area contributed by atoms with E-state index < -0.39 is 5.97 Å². The van der Waals surface area contributed by atoms with E-state index in [0.29, 0.717) is 0 Å². The molecule has 0 fully saturated rings. The third-order valence-electron chi connectivity index (χ3n) is 3.85. The largest absolute Gasteiger partial charge is 0.477 e. The van der Waals surface area contributed by atoms with Crippen LogP contribution in [0.25, 0.3) is 6.08 Å². The van der Waals surface area contributed by atoms with E-state index in [4.69, 9.17) is 0 Å². The lowest BCUT2D eigenvalue weighted by Gasteiger charge is -2.37. The molecule has 1 aromatic heterocycles. The SMILES string of the molecule is CC1(C)C=Cc2ccccc2[C@H]1n1cncc1C(=O)O. The minimum Gasteiger partial charge on any atom is -0.477 e. The molecule has 0 saturated heterocycles. The van der Waals surface area contributed by atoms with Gasteiger partial charge in [0.1, 0.15) is 5.69 Å². The molecular weight excluding hydrogens is 252 g/mol. The molecule has 4 nitrogen and oxygen atoms in total. The van der Waals surface area contributed by atoms with Gasteiger partial charge >= 0.3 is 5.97 Å². The van der Waals surface area contributed by atoms with Crippen LogP contribution in [0.15, 0.2) is 42.9 Å². The molecule has 1 heterocycles. The van der Waals surface area contributed by atoms with Gasteiger partial charge in [-0.25, -0.2) is 9.78 Å². The van der Waals surface area contributed by atoms with Crippen molar-refractivity contribution in [1.82, 2.24) is 9.55 Å². The highest BCUT2D eigenvalue weighted by Crippen LogP contribution is 2.44. The van der Waals surface area contributed by atoms with E-state index in [0.717, 1.165) is 11.1 Å². The second kappa shape index (κ2) is 4.34. The van der Waals surface area contributed by atoms with E-state index in [2.05, 4.69) is 37.0 Å². The Morgan fingerprint density at radius 3 is 2.85 bits per heavy atom. The molecule has 2 aromatic rings. The molecule has 0 radical (unpaired) electrons. The number of allylic oxidation sites excluding steroid dienone is 1. The van der Waals surface area contributed by atoms with Gasteiger partial charge in [-0.05, 0) is 11.1 Å². The van der Waals surface area contributed by atoms with E-state index >= 15 is 0 Å². The molecular formula is C16H16N2O2. The Morgan fingerprint density at radius 2 is 2.10 bits per heavy atom. The smallest absolute Gasteiger partial charge is 0.354 e. The molecule has 0 amide bonds. The van der Waals surface area contributed by atoms with Crippen LogP contribution in [0.2, 0.25) is 0 Å². The first-order valence-corrected chi connectivity index (χ1v) is 6.54. The minimum absolute atomic E-state index is 0.0719. The van der Waals surface area contributed by atoms with Crippen LogP contribution in [-0.2, 0) is 0 Å². The van der Waals surface area contributed by atoms with Crippen LogP contribution in [0.3, 0.4) is 0 Å². The summed E-state index contributed by atoms with van der Waals surface area (Å²) in [7, 11) is 0. The average molecular weight is 268 g/mol. The van der Waals surface area contributed by atoms with Crippen LogP contribution >= 0.6 is 0 Å². The fourth-order valence-corrected chi connectivity index (χ4v) is 2.89. The number of carboxylic acids is 1. The maximum absolute atomic E-state index is 11.4. The van der Waals surface area contributed by atoms with E-state index in [1.807, 2.05) is 18.2 Å². The summed E-state index contributed by atoms with van der Waals surface area (Å²) in [6.45, 7) is 4.21. The second-order valence-electron chi connectivity index (χ2n) is 5.68. The zero-order valence-electron chi connectivity index (χ0n) is 11.4. The van der Waals surface area contributed by atoms with Gasteiger partial charge in [0.25, 0.3) is 0 Å². The summed E-state index contributed by atoms with van der Waals surface area (Å²) in [6.07, 6.45) is 7.24. The number of carbonyl (C=O) groups is 1. The van der Waals surface area contributed by atoms with Gasteiger partial charge in [-0.2, -0.15) is 0 Å². The van der Waals surface area contributed by atoms with Gasteiger partial charge in [-0.15, -0.1) is 0 Å². The number of benzene rings is 1. The minimum atomic E-state index is -0.953. The molecule has 0 saturated carbocycles. The van der Waals surface area contributed by atoms with Crippen LogP contribution in [-0.4, -0.2) is 20.6 Å². The van der Waals surface area contributed by atoms with E-state index in [9.17, 15) is 9.90 Å². The molecule has 4 heteroatoms. The van der Waals surface area contributed by atoms with E-state index in [-0.39, 0.29) is 17.2 Å². The van der Waals surface area contributed by atoms with E-state index in [1.165, 1.54) is 6.20 Å².